The first-order valence-electron chi connectivity index (χ1n) is 8.87. The van der Waals surface area contributed by atoms with E-state index in [1.54, 1.807) is 6.92 Å². The Morgan fingerprint density at radius 1 is 1.21 bits per heavy atom. The second kappa shape index (κ2) is 9.67. The molecule has 1 heterocycles. The Morgan fingerprint density at radius 2 is 1.83 bits per heavy atom. The van der Waals surface area contributed by atoms with E-state index in [1.165, 1.54) is 0 Å². The highest BCUT2D eigenvalue weighted by Gasteiger charge is 2.56. The second-order valence-electron chi connectivity index (χ2n) is 5.83. The fourth-order valence-corrected chi connectivity index (χ4v) is 5.88. The molecular weight excluding hydrogens is 328 g/mol. The molecule has 0 amide bonds. The van der Waals surface area contributed by atoms with Gasteiger partial charge in [0.15, 0.2) is 11.9 Å². The summed E-state index contributed by atoms with van der Waals surface area (Å²) in [6.07, 6.45) is 1.52. The van der Waals surface area contributed by atoms with Gasteiger partial charge in [-0.05, 0) is 40.5 Å². The summed E-state index contributed by atoms with van der Waals surface area (Å²) in [6, 6.07) is 0.744. The number of hydrogen-bond donors (Lipinski definition) is 0. The average molecular weight is 361 g/mol. The molecule has 2 atom stereocenters. The molecular formula is C17H32O6Si. The Balaban J connectivity index is 3.10. The van der Waals surface area contributed by atoms with Crippen LogP contribution < -0.4 is 0 Å². The van der Waals surface area contributed by atoms with Crippen LogP contribution >= 0.6 is 0 Å². The second-order valence-corrected chi connectivity index (χ2v) is 8.48. The Kier molecular flexibility index (Phi) is 8.59. The summed E-state index contributed by atoms with van der Waals surface area (Å²) in [5.41, 5.74) is 0.356. The van der Waals surface area contributed by atoms with Gasteiger partial charge in [0.05, 0.1) is 0 Å². The first-order valence-corrected chi connectivity index (χ1v) is 10.8. The number of hydrogen-bond acceptors (Lipinski definition) is 6. The highest BCUT2D eigenvalue weighted by atomic mass is 28.4. The van der Waals surface area contributed by atoms with Crippen molar-refractivity contribution in [3.63, 3.8) is 0 Å². The van der Waals surface area contributed by atoms with Gasteiger partial charge in [0.2, 0.25) is 0 Å². The van der Waals surface area contributed by atoms with Gasteiger partial charge in [0, 0.05) is 37.9 Å². The van der Waals surface area contributed by atoms with Crippen LogP contribution in [0.1, 0.15) is 53.9 Å². The van der Waals surface area contributed by atoms with Crippen molar-refractivity contribution in [2.24, 2.45) is 0 Å². The normalized spacial score (nSPS) is 24.4. The first-order chi connectivity index (χ1) is 11.4. The molecule has 0 aromatic carbocycles. The SMILES string of the molecule is C=C(C)C(=O)OC(CC)C1(OCC)CCC[Si](OCC)(OCC)O1. The van der Waals surface area contributed by atoms with Gasteiger partial charge in [-0.3, -0.25) is 0 Å². The van der Waals surface area contributed by atoms with Crippen molar-refractivity contribution in [1.29, 1.82) is 0 Å². The third-order valence-corrected chi connectivity index (χ3v) is 6.99. The number of rotatable bonds is 10. The zero-order valence-corrected chi connectivity index (χ0v) is 16.7. The van der Waals surface area contributed by atoms with Crippen molar-refractivity contribution < 1.29 is 27.5 Å². The first kappa shape index (κ1) is 21.3. The molecule has 1 aliphatic rings. The van der Waals surface area contributed by atoms with Gasteiger partial charge in [-0.15, -0.1) is 0 Å². The number of carbonyl (C=O) groups is 1. The summed E-state index contributed by atoms with van der Waals surface area (Å²) in [5, 5.41) is 0. The minimum Gasteiger partial charge on any atom is -0.453 e. The largest absolute Gasteiger partial charge is 0.503 e. The third-order valence-electron chi connectivity index (χ3n) is 3.91. The summed E-state index contributed by atoms with van der Waals surface area (Å²) < 4.78 is 29.8. The fourth-order valence-electron chi connectivity index (χ4n) is 2.98. The molecule has 1 fully saturated rings. The maximum atomic E-state index is 12.0. The van der Waals surface area contributed by atoms with Crippen LogP contribution in [-0.4, -0.2) is 46.5 Å². The summed E-state index contributed by atoms with van der Waals surface area (Å²) >= 11 is 0. The van der Waals surface area contributed by atoms with Crippen LogP contribution in [0.25, 0.3) is 0 Å². The summed E-state index contributed by atoms with van der Waals surface area (Å²) in [5.74, 6) is -1.46. The van der Waals surface area contributed by atoms with Crippen molar-refractivity contribution in [2.75, 3.05) is 19.8 Å². The van der Waals surface area contributed by atoms with Crippen LogP contribution in [-0.2, 0) is 27.5 Å². The molecule has 2 unspecified atom stereocenters. The topological polar surface area (TPSA) is 63.2 Å². The van der Waals surface area contributed by atoms with E-state index in [9.17, 15) is 4.79 Å². The molecule has 0 aliphatic carbocycles. The molecule has 1 rings (SSSR count). The van der Waals surface area contributed by atoms with Crippen LogP contribution in [0.3, 0.4) is 0 Å². The van der Waals surface area contributed by atoms with Gasteiger partial charge < -0.3 is 22.8 Å². The van der Waals surface area contributed by atoms with Crippen LogP contribution in [0.2, 0.25) is 6.04 Å². The average Bonchev–Trinajstić information content (AvgIpc) is 2.53. The van der Waals surface area contributed by atoms with E-state index in [-0.39, 0.29) is 0 Å². The number of ether oxygens (including phenoxy) is 2. The van der Waals surface area contributed by atoms with Crippen molar-refractivity contribution in [2.45, 2.75) is 71.8 Å². The Bertz CT molecular complexity index is 412. The lowest BCUT2D eigenvalue weighted by Crippen LogP contribution is -2.62. The van der Waals surface area contributed by atoms with E-state index in [2.05, 4.69) is 6.58 Å². The predicted molar refractivity (Wildman–Crippen MR) is 93.5 cm³/mol. The van der Waals surface area contributed by atoms with E-state index >= 15 is 0 Å². The Labute approximate surface area is 146 Å². The van der Waals surface area contributed by atoms with Gasteiger partial charge in [0.1, 0.15) is 0 Å². The minimum atomic E-state index is -2.85. The van der Waals surface area contributed by atoms with Gasteiger partial charge in [-0.25, -0.2) is 4.79 Å². The molecule has 0 aromatic rings. The molecule has 24 heavy (non-hydrogen) atoms. The fraction of sp³-hybridized carbons (Fsp3) is 0.824. The zero-order valence-electron chi connectivity index (χ0n) is 15.7. The van der Waals surface area contributed by atoms with Crippen LogP contribution in [0, 0.1) is 0 Å². The minimum absolute atomic E-state index is 0.356. The van der Waals surface area contributed by atoms with Crippen molar-refractivity contribution in [3.8, 4) is 0 Å². The van der Waals surface area contributed by atoms with Crippen LogP contribution in [0.15, 0.2) is 12.2 Å². The molecule has 0 radical (unpaired) electrons. The Morgan fingerprint density at radius 3 is 2.29 bits per heavy atom. The van der Waals surface area contributed by atoms with E-state index in [0.717, 1.165) is 12.5 Å². The van der Waals surface area contributed by atoms with Gasteiger partial charge in [-0.1, -0.05) is 13.5 Å². The van der Waals surface area contributed by atoms with Gasteiger partial charge >= 0.3 is 14.8 Å². The molecule has 140 valence electrons. The van der Waals surface area contributed by atoms with E-state index < -0.39 is 26.7 Å². The van der Waals surface area contributed by atoms with E-state index in [1.807, 2.05) is 27.7 Å². The van der Waals surface area contributed by atoms with Crippen molar-refractivity contribution >= 4 is 14.8 Å². The molecule has 0 bridgehead atoms. The molecule has 6 nitrogen and oxygen atoms in total. The lowest BCUT2D eigenvalue weighted by atomic mass is 10.0. The maximum Gasteiger partial charge on any atom is 0.503 e. The third kappa shape index (κ3) is 5.13. The molecule has 1 saturated heterocycles. The van der Waals surface area contributed by atoms with Crippen molar-refractivity contribution in [1.82, 2.24) is 0 Å². The Hall–Kier alpha value is -0.733. The lowest BCUT2D eigenvalue weighted by Gasteiger charge is -2.47. The lowest BCUT2D eigenvalue weighted by molar-refractivity contribution is -0.273. The van der Waals surface area contributed by atoms with Crippen molar-refractivity contribution in [3.05, 3.63) is 12.2 Å². The van der Waals surface area contributed by atoms with E-state index in [0.29, 0.717) is 38.2 Å². The van der Waals surface area contributed by atoms with Gasteiger partial charge in [-0.2, -0.15) is 0 Å². The molecule has 0 saturated carbocycles. The monoisotopic (exact) mass is 360 g/mol. The molecule has 0 aromatic heterocycles. The zero-order chi connectivity index (χ0) is 18.2. The molecule has 0 spiro atoms. The summed E-state index contributed by atoms with van der Waals surface area (Å²) in [6.45, 7) is 14.4. The summed E-state index contributed by atoms with van der Waals surface area (Å²) in [4.78, 5) is 12.0. The van der Waals surface area contributed by atoms with E-state index in [4.69, 9.17) is 22.8 Å². The van der Waals surface area contributed by atoms with Gasteiger partial charge in [0.25, 0.3) is 0 Å². The number of esters is 1. The molecule has 7 heteroatoms. The highest BCUT2D eigenvalue weighted by Crippen LogP contribution is 2.40. The van der Waals surface area contributed by atoms with Crippen LogP contribution in [0.4, 0.5) is 0 Å². The quantitative estimate of drug-likeness (QED) is 0.338. The standard InChI is InChI=1S/C17H32O6Si/c1-7-15(22-16(18)14(5)6)17(19-8-2)12-11-13-24(23-17,20-9-3)21-10-4/h15H,5,7-13H2,1-4,6H3. The maximum absolute atomic E-state index is 12.0. The number of carbonyl (C=O) groups excluding carboxylic acids is 1. The smallest absolute Gasteiger partial charge is 0.453 e. The summed E-state index contributed by atoms with van der Waals surface area (Å²) in [7, 11) is -2.85. The molecule has 1 aliphatic heterocycles. The predicted octanol–water partition coefficient (Wildman–Crippen LogP) is 3.44. The molecule has 0 N–H and O–H groups in total. The van der Waals surface area contributed by atoms with Crippen LogP contribution in [0.5, 0.6) is 0 Å². The highest BCUT2D eigenvalue weighted by molar-refractivity contribution is 6.61.